The molecular formula is C29H36N4O4. The van der Waals surface area contributed by atoms with E-state index in [1.54, 1.807) is 4.57 Å². The average molecular weight is 505 g/mol. The number of aromatic nitrogens is 2. The second-order valence-corrected chi connectivity index (χ2v) is 10.6. The van der Waals surface area contributed by atoms with Gasteiger partial charge in [0.15, 0.2) is 0 Å². The molecule has 2 heterocycles. The summed E-state index contributed by atoms with van der Waals surface area (Å²) in [6.07, 6.45) is 0.269. The maximum Gasteiger partial charge on any atom is 0.407 e. The lowest BCUT2D eigenvalue weighted by Crippen LogP contribution is -2.37. The summed E-state index contributed by atoms with van der Waals surface area (Å²) >= 11 is 0. The zero-order valence-corrected chi connectivity index (χ0v) is 22.2. The van der Waals surface area contributed by atoms with Crippen molar-refractivity contribution in [2.75, 3.05) is 13.1 Å². The molecule has 0 aliphatic rings. The number of nitrogens with one attached hydrogen (secondary N) is 2. The van der Waals surface area contributed by atoms with E-state index in [0.717, 1.165) is 10.9 Å². The molecule has 2 aromatic carbocycles. The summed E-state index contributed by atoms with van der Waals surface area (Å²) in [4.78, 5) is 30.7. The largest absolute Gasteiger partial charge is 0.448 e. The van der Waals surface area contributed by atoms with Crippen LogP contribution >= 0.6 is 0 Å². The molecule has 0 unspecified atom stereocenters. The van der Waals surface area contributed by atoms with Gasteiger partial charge in [-0.1, -0.05) is 56.3 Å². The van der Waals surface area contributed by atoms with Gasteiger partial charge >= 0.3 is 6.09 Å². The molecule has 2 aromatic heterocycles. The zero-order valence-electron chi connectivity index (χ0n) is 22.2. The number of furan rings is 1. The summed E-state index contributed by atoms with van der Waals surface area (Å²) < 4.78 is 13.0. The minimum Gasteiger partial charge on any atom is -0.448 e. The number of para-hydroxylation sites is 1. The molecule has 0 radical (unpaired) electrons. The smallest absolute Gasteiger partial charge is 0.407 e. The summed E-state index contributed by atoms with van der Waals surface area (Å²) in [5.74, 6) is 0.825. The number of hydrogen-bond donors (Lipinski definition) is 2. The number of amides is 1. The van der Waals surface area contributed by atoms with Gasteiger partial charge in [-0.3, -0.25) is 9.36 Å². The quantitative estimate of drug-likeness (QED) is 0.297. The highest BCUT2D eigenvalue weighted by Crippen LogP contribution is 2.28. The first-order valence-electron chi connectivity index (χ1n) is 12.8. The molecule has 1 amide bonds. The molecule has 0 bridgehead atoms. The zero-order chi connectivity index (χ0) is 26.6. The third kappa shape index (κ3) is 6.38. The van der Waals surface area contributed by atoms with Gasteiger partial charge in [-0.2, -0.15) is 0 Å². The first-order chi connectivity index (χ1) is 17.6. The fourth-order valence-corrected chi connectivity index (χ4v) is 4.32. The van der Waals surface area contributed by atoms with Gasteiger partial charge in [-0.15, -0.1) is 0 Å². The van der Waals surface area contributed by atoms with E-state index in [1.165, 1.54) is 0 Å². The second kappa shape index (κ2) is 11.2. The van der Waals surface area contributed by atoms with Gasteiger partial charge in [0, 0.05) is 11.9 Å². The Morgan fingerprint density at radius 1 is 1.05 bits per heavy atom. The van der Waals surface area contributed by atoms with E-state index in [2.05, 4.69) is 24.5 Å². The summed E-state index contributed by atoms with van der Waals surface area (Å²) in [7, 11) is 0. The van der Waals surface area contributed by atoms with Crippen molar-refractivity contribution in [2.24, 2.45) is 5.92 Å². The van der Waals surface area contributed by atoms with Crippen LogP contribution in [0.4, 0.5) is 4.79 Å². The highest BCUT2D eigenvalue weighted by molar-refractivity contribution is 6.01. The lowest BCUT2D eigenvalue weighted by atomic mass is 10.0. The van der Waals surface area contributed by atoms with Crippen LogP contribution < -0.4 is 16.2 Å². The first kappa shape index (κ1) is 26.4. The Hall–Kier alpha value is -3.65. The molecule has 8 nitrogen and oxygen atoms in total. The minimum absolute atomic E-state index is 0.156. The fourth-order valence-electron chi connectivity index (χ4n) is 4.32. The highest BCUT2D eigenvalue weighted by Gasteiger charge is 2.25. The molecule has 1 atom stereocenters. The van der Waals surface area contributed by atoms with Crippen LogP contribution in [0.15, 0.2) is 63.8 Å². The standard InChI is InChI=1S/C29H36N4O4/c1-19(2)23(30-16-11-17-31-28(35)37-29(3,4)5)26-32-24-21-14-9-10-15-22(21)36-25(24)27(34)33(26)18-20-12-7-6-8-13-20/h6-10,12-15,19,23,30H,11,16-18H2,1-5H3,(H,31,35)/t23-/m1/s1. The maximum absolute atomic E-state index is 13.8. The maximum atomic E-state index is 13.8. The van der Waals surface area contributed by atoms with Gasteiger partial charge in [0.1, 0.15) is 22.5 Å². The molecule has 8 heteroatoms. The fraction of sp³-hybridized carbons (Fsp3) is 0.414. The van der Waals surface area contributed by atoms with Crippen molar-refractivity contribution in [3.63, 3.8) is 0 Å². The average Bonchev–Trinajstić information content (AvgIpc) is 3.21. The van der Waals surface area contributed by atoms with Crippen molar-refractivity contribution < 1.29 is 13.9 Å². The summed E-state index contributed by atoms with van der Waals surface area (Å²) in [5, 5.41) is 7.19. The minimum atomic E-state index is -0.533. The van der Waals surface area contributed by atoms with Gasteiger partial charge < -0.3 is 19.8 Å². The molecule has 4 rings (SSSR count). The molecule has 4 aromatic rings. The number of nitrogens with zero attached hydrogens (tertiary/aromatic N) is 2. The molecule has 196 valence electrons. The number of carbonyl (C=O) groups is 1. The number of fused-ring (bicyclic) bond motifs is 3. The van der Waals surface area contributed by atoms with Crippen molar-refractivity contribution in [2.45, 2.75) is 59.2 Å². The number of carbonyl (C=O) groups excluding carboxylic acids is 1. The van der Waals surface area contributed by atoms with Crippen molar-refractivity contribution in [3.8, 4) is 0 Å². The third-order valence-electron chi connectivity index (χ3n) is 6.03. The van der Waals surface area contributed by atoms with Crippen molar-refractivity contribution in [1.82, 2.24) is 20.2 Å². The third-order valence-corrected chi connectivity index (χ3v) is 6.03. The Morgan fingerprint density at radius 2 is 1.76 bits per heavy atom. The van der Waals surface area contributed by atoms with E-state index < -0.39 is 11.7 Å². The Kier molecular flexibility index (Phi) is 7.97. The summed E-state index contributed by atoms with van der Waals surface area (Å²) in [5.41, 5.74) is 1.78. The summed E-state index contributed by atoms with van der Waals surface area (Å²) in [6.45, 7) is 11.2. The Labute approximate surface area is 217 Å². The van der Waals surface area contributed by atoms with Crippen LogP contribution in [-0.4, -0.2) is 34.3 Å². The Balaban J connectivity index is 1.62. The van der Waals surface area contributed by atoms with Gasteiger partial charge in [0.2, 0.25) is 5.58 Å². The highest BCUT2D eigenvalue weighted by atomic mass is 16.6. The molecule has 0 saturated carbocycles. The van der Waals surface area contributed by atoms with Crippen LogP contribution in [0.5, 0.6) is 0 Å². The van der Waals surface area contributed by atoms with E-state index in [0.29, 0.717) is 43.0 Å². The van der Waals surface area contributed by atoms with Crippen LogP contribution in [-0.2, 0) is 11.3 Å². The Morgan fingerprint density at radius 3 is 2.46 bits per heavy atom. The van der Waals surface area contributed by atoms with Crippen molar-refractivity contribution in [1.29, 1.82) is 0 Å². The number of benzene rings is 2. The molecular weight excluding hydrogens is 468 g/mol. The van der Waals surface area contributed by atoms with Crippen LogP contribution in [0, 0.1) is 5.92 Å². The molecule has 0 aliphatic carbocycles. The van der Waals surface area contributed by atoms with Crippen molar-refractivity contribution in [3.05, 3.63) is 76.3 Å². The van der Waals surface area contributed by atoms with Crippen molar-refractivity contribution >= 4 is 28.2 Å². The van der Waals surface area contributed by atoms with Gasteiger partial charge in [-0.25, -0.2) is 9.78 Å². The van der Waals surface area contributed by atoms with Gasteiger partial charge in [0.25, 0.3) is 5.56 Å². The predicted octanol–water partition coefficient (Wildman–Crippen LogP) is 5.39. The predicted molar refractivity (Wildman–Crippen MR) is 146 cm³/mol. The number of rotatable bonds is 9. The van der Waals surface area contributed by atoms with E-state index >= 15 is 0 Å². The van der Waals surface area contributed by atoms with Gasteiger partial charge in [-0.05, 0) is 57.4 Å². The van der Waals surface area contributed by atoms with E-state index in [9.17, 15) is 9.59 Å². The topological polar surface area (TPSA) is 98.4 Å². The molecule has 2 N–H and O–H groups in total. The number of alkyl carbamates (subject to hydrolysis) is 1. The number of hydrogen-bond acceptors (Lipinski definition) is 6. The van der Waals surface area contributed by atoms with Crippen LogP contribution in [0.2, 0.25) is 0 Å². The van der Waals surface area contributed by atoms with E-state index in [1.807, 2.05) is 75.4 Å². The van der Waals surface area contributed by atoms with Crippen LogP contribution in [0.25, 0.3) is 22.1 Å². The molecule has 0 spiro atoms. The number of ether oxygens (including phenoxy) is 1. The van der Waals surface area contributed by atoms with Crippen LogP contribution in [0.1, 0.15) is 58.5 Å². The normalized spacial score (nSPS) is 12.8. The lowest BCUT2D eigenvalue weighted by molar-refractivity contribution is 0.0527. The molecule has 0 saturated heterocycles. The first-order valence-corrected chi connectivity index (χ1v) is 12.8. The molecule has 0 fully saturated rings. The van der Waals surface area contributed by atoms with Crippen LogP contribution in [0.3, 0.4) is 0 Å². The molecule has 37 heavy (non-hydrogen) atoms. The van der Waals surface area contributed by atoms with E-state index in [4.69, 9.17) is 14.1 Å². The SMILES string of the molecule is CC(C)[C@@H](NCCCNC(=O)OC(C)(C)C)c1nc2c(oc3ccccc32)c(=O)n1Cc1ccccc1. The van der Waals surface area contributed by atoms with Gasteiger partial charge in [0.05, 0.1) is 12.6 Å². The van der Waals surface area contributed by atoms with E-state index in [-0.39, 0.29) is 23.1 Å². The lowest BCUT2D eigenvalue weighted by Gasteiger charge is -2.25. The monoisotopic (exact) mass is 504 g/mol. The second-order valence-electron chi connectivity index (χ2n) is 10.6. The Bertz CT molecular complexity index is 1420. The molecule has 0 aliphatic heterocycles. The summed E-state index contributed by atoms with van der Waals surface area (Å²) in [6, 6.07) is 17.3.